The van der Waals surface area contributed by atoms with E-state index in [1.807, 2.05) is 0 Å². The molecule has 1 aromatic rings. The Morgan fingerprint density at radius 3 is 2.50 bits per heavy atom. The van der Waals surface area contributed by atoms with E-state index in [1.165, 1.54) is 6.07 Å². The number of nitriles is 1. The third-order valence-corrected chi connectivity index (χ3v) is 3.38. The van der Waals surface area contributed by atoms with Crippen molar-refractivity contribution in [3.8, 4) is 6.07 Å². The Kier molecular flexibility index (Phi) is 4.83. The van der Waals surface area contributed by atoms with Gasteiger partial charge in [-0.25, -0.2) is 13.1 Å². The zero-order valence-corrected chi connectivity index (χ0v) is 10.2. The van der Waals surface area contributed by atoms with E-state index < -0.39 is 27.7 Å². The summed E-state index contributed by atoms with van der Waals surface area (Å²) in [5.74, 6) is -2.78. The standard InChI is InChI=1S/C11H12N2O4S/c12-6-7-18(16,17)13-8-10(11(14)15)9-4-2-1-3-5-9/h1-5,10,13H,7-8H2,(H,14,15). The van der Waals surface area contributed by atoms with E-state index in [0.717, 1.165) is 0 Å². The molecule has 0 spiro atoms. The summed E-state index contributed by atoms with van der Waals surface area (Å²) in [5, 5.41) is 17.4. The SMILES string of the molecule is N#CCS(=O)(=O)NCC(C(=O)O)c1ccccc1. The van der Waals surface area contributed by atoms with Crippen LogP contribution in [0.15, 0.2) is 30.3 Å². The summed E-state index contributed by atoms with van der Waals surface area (Å²) in [4.78, 5) is 11.1. The predicted molar refractivity (Wildman–Crippen MR) is 64.2 cm³/mol. The zero-order chi connectivity index (χ0) is 13.6. The lowest BCUT2D eigenvalue weighted by atomic mass is 10.00. The van der Waals surface area contributed by atoms with Crippen molar-refractivity contribution >= 4 is 16.0 Å². The van der Waals surface area contributed by atoms with Crippen LogP contribution in [0.4, 0.5) is 0 Å². The molecular formula is C11H12N2O4S. The van der Waals surface area contributed by atoms with Gasteiger partial charge < -0.3 is 5.11 Å². The summed E-state index contributed by atoms with van der Waals surface area (Å²) in [6, 6.07) is 9.81. The number of benzene rings is 1. The van der Waals surface area contributed by atoms with E-state index in [-0.39, 0.29) is 6.54 Å². The van der Waals surface area contributed by atoms with Gasteiger partial charge in [-0.1, -0.05) is 30.3 Å². The van der Waals surface area contributed by atoms with Crippen LogP contribution in [0.25, 0.3) is 0 Å². The minimum Gasteiger partial charge on any atom is -0.481 e. The summed E-state index contributed by atoms with van der Waals surface area (Å²) >= 11 is 0. The molecule has 0 amide bonds. The second kappa shape index (κ2) is 6.14. The van der Waals surface area contributed by atoms with Crippen LogP contribution in [-0.2, 0) is 14.8 Å². The minimum absolute atomic E-state index is 0.274. The van der Waals surface area contributed by atoms with Crippen molar-refractivity contribution in [1.29, 1.82) is 5.26 Å². The number of sulfonamides is 1. The molecule has 0 radical (unpaired) electrons. The highest BCUT2D eigenvalue weighted by Gasteiger charge is 2.22. The Bertz CT molecular complexity index is 548. The van der Waals surface area contributed by atoms with Crippen molar-refractivity contribution in [2.75, 3.05) is 12.3 Å². The first-order chi connectivity index (χ1) is 8.46. The second-order valence-electron chi connectivity index (χ2n) is 3.57. The number of nitrogens with zero attached hydrogens (tertiary/aromatic N) is 1. The fourth-order valence-electron chi connectivity index (χ4n) is 1.38. The molecule has 7 heteroatoms. The first-order valence-corrected chi connectivity index (χ1v) is 6.73. The highest BCUT2D eigenvalue weighted by molar-refractivity contribution is 7.89. The number of nitrogens with one attached hydrogen (secondary N) is 1. The van der Waals surface area contributed by atoms with Gasteiger partial charge in [0.25, 0.3) is 0 Å². The van der Waals surface area contributed by atoms with Crippen LogP contribution in [0.5, 0.6) is 0 Å². The van der Waals surface area contributed by atoms with Gasteiger partial charge in [0.05, 0.1) is 12.0 Å². The first-order valence-electron chi connectivity index (χ1n) is 5.08. The van der Waals surface area contributed by atoms with Crippen LogP contribution in [0, 0.1) is 11.3 Å². The molecule has 0 aromatic heterocycles. The lowest BCUT2D eigenvalue weighted by molar-refractivity contribution is -0.138. The van der Waals surface area contributed by atoms with Gasteiger partial charge in [0.15, 0.2) is 5.75 Å². The van der Waals surface area contributed by atoms with Crippen molar-refractivity contribution < 1.29 is 18.3 Å². The molecule has 0 saturated heterocycles. The van der Waals surface area contributed by atoms with E-state index in [2.05, 4.69) is 4.72 Å². The molecule has 0 aliphatic rings. The zero-order valence-electron chi connectivity index (χ0n) is 9.41. The third-order valence-electron chi connectivity index (χ3n) is 2.26. The van der Waals surface area contributed by atoms with Gasteiger partial charge in [-0.3, -0.25) is 4.79 Å². The molecule has 6 nitrogen and oxygen atoms in total. The maximum Gasteiger partial charge on any atom is 0.312 e. The van der Waals surface area contributed by atoms with Crippen LogP contribution in [0.2, 0.25) is 0 Å². The van der Waals surface area contributed by atoms with Crippen molar-refractivity contribution in [3.63, 3.8) is 0 Å². The quantitative estimate of drug-likeness (QED) is 0.771. The lowest BCUT2D eigenvalue weighted by Crippen LogP contribution is -2.33. The number of aliphatic carboxylic acids is 1. The Hall–Kier alpha value is -1.91. The van der Waals surface area contributed by atoms with Crippen LogP contribution in [0.1, 0.15) is 11.5 Å². The predicted octanol–water partition coefficient (Wildman–Crippen LogP) is 0.298. The van der Waals surface area contributed by atoms with Crippen molar-refractivity contribution in [1.82, 2.24) is 4.72 Å². The van der Waals surface area contributed by atoms with Gasteiger partial charge in [0.1, 0.15) is 0 Å². The molecule has 1 aromatic carbocycles. The lowest BCUT2D eigenvalue weighted by Gasteiger charge is -2.13. The third kappa shape index (κ3) is 4.16. The molecule has 2 N–H and O–H groups in total. The Labute approximate surface area is 105 Å². The number of carbonyl (C=O) groups is 1. The highest BCUT2D eigenvalue weighted by atomic mass is 32.2. The number of rotatable bonds is 6. The largest absolute Gasteiger partial charge is 0.481 e. The van der Waals surface area contributed by atoms with Crippen molar-refractivity contribution in [2.24, 2.45) is 0 Å². The van der Waals surface area contributed by atoms with E-state index >= 15 is 0 Å². The van der Waals surface area contributed by atoms with Gasteiger partial charge >= 0.3 is 5.97 Å². The van der Waals surface area contributed by atoms with Gasteiger partial charge in [-0.2, -0.15) is 5.26 Å². The van der Waals surface area contributed by atoms with E-state index in [9.17, 15) is 13.2 Å². The van der Waals surface area contributed by atoms with Crippen LogP contribution in [-0.4, -0.2) is 31.8 Å². The summed E-state index contributed by atoms with van der Waals surface area (Å²) in [6.07, 6.45) is 0. The second-order valence-corrected chi connectivity index (χ2v) is 5.37. The molecule has 1 atom stereocenters. The average molecular weight is 268 g/mol. The maximum atomic E-state index is 11.3. The molecule has 0 fully saturated rings. The Morgan fingerprint density at radius 2 is 2.00 bits per heavy atom. The number of carboxylic acids is 1. The van der Waals surface area contributed by atoms with Crippen molar-refractivity contribution in [2.45, 2.75) is 5.92 Å². The smallest absolute Gasteiger partial charge is 0.312 e. The topological polar surface area (TPSA) is 107 Å². The van der Waals surface area contributed by atoms with Crippen LogP contribution < -0.4 is 4.72 Å². The monoisotopic (exact) mass is 268 g/mol. The molecule has 0 aliphatic carbocycles. The maximum absolute atomic E-state index is 11.3. The van der Waals surface area contributed by atoms with Crippen LogP contribution in [0.3, 0.4) is 0 Å². The average Bonchev–Trinajstić information content (AvgIpc) is 2.30. The van der Waals surface area contributed by atoms with E-state index in [1.54, 1.807) is 30.3 Å². The number of hydrogen-bond donors (Lipinski definition) is 2. The Morgan fingerprint density at radius 1 is 1.39 bits per heavy atom. The van der Waals surface area contributed by atoms with Gasteiger partial charge in [0.2, 0.25) is 10.0 Å². The summed E-state index contributed by atoms with van der Waals surface area (Å²) < 4.78 is 24.6. The molecule has 1 unspecified atom stereocenters. The highest BCUT2D eigenvalue weighted by Crippen LogP contribution is 2.14. The van der Waals surface area contributed by atoms with E-state index in [4.69, 9.17) is 10.4 Å². The molecule has 0 aliphatic heterocycles. The van der Waals surface area contributed by atoms with Crippen molar-refractivity contribution in [3.05, 3.63) is 35.9 Å². The molecular weight excluding hydrogens is 256 g/mol. The summed E-state index contributed by atoms with van der Waals surface area (Å²) in [6.45, 7) is -0.274. The van der Waals surface area contributed by atoms with Gasteiger partial charge in [0, 0.05) is 6.54 Å². The summed E-state index contributed by atoms with van der Waals surface area (Å²) in [7, 11) is -3.74. The number of carboxylic acid groups (broad SMARTS) is 1. The van der Waals surface area contributed by atoms with Gasteiger partial charge in [-0.05, 0) is 5.56 Å². The van der Waals surface area contributed by atoms with E-state index in [0.29, 0.717) is 5.56 Å². The van der Waals surface area contributed by atoms with Crippen LogP contribution >= 0.6 is 0 Å². The molecule has 1 rings (SSSR count). The molecule has 0 heterocycles. The number of hydrogen-bond acceptors (Lipinski definition) is 4. The molecule has 18 heavy (non-hydrogen) atoms. The summed E-state index contributed by atoms with van der Waals surface area (Å²) in [5.41, 5.74) is 0.504. The normalized spacial score (nSPS) is 12.6. The van der Waals surface area contributed by atoms with Gasteiger partial charge in [-0.15, -0.1) is 0 Å². The Balaban J connectivity index is 2.79. The molecule has 0 saturated carbocycles. The first kappa shape index (κ1) is 14.2. The minimum atomic E-state index is -3.74. The molecule has 0 bridgehead atoms. The fraction of sp³-hybridized carbons (Fsp3) is 0.273. The fourth-order valence-corrected chi connectivity index (χ4v) is 2.07. The molecule has 96 valence electrons.